The van der Waals surface area contributed by atoms with Gasteiger partial charge in [0, 0.05) is 18.2 Å². The van der Waals surface area contributed by atoms with Crippen LogP contribution in [-0.4, -0.2) is 17.4 Å². The predicted molar refractivity (Wildman–Crippen MR) is 114 cm³/mol. The molecule has 0 aliphatic heterocycles. The van der Waals surface area contributed by atoms with Gasteiger partial charge in [-0.3, -0.25) is 14.9 Å². The average molecular weight is 387 g/mol. The van der Waals surface area contributed by atoms with Gasteiger partial charge in [-0.1, -0.05) is 66.7 Å². The molecule has 0 atom stereocenters. The second-order valence-corrected chi connectivity index (χ2v) is 6.39. The Hall–Kier alpha value is -3.93. The summed E-state index contributed by atoms with van der Waals surface area (Å²) in [6.45, 7) is 3.98. The zero-order valence-electron chi connectivity index (χ0n) is 15.7. The monoisotopic (exact) mass is 387 g/mol. The highest BCUT2D eigenvalue weighted by Gasteiger charge is 2.21. The largest absolute Gasteiger partial charge is 0.376 e. The molecule has 0 radical (unpaired) electrons. The van der Waals surface area contributed by atoms with E-state index in [1.165, 1.54) is 12.1 Å². The van der Waals surface area contributed by atoms with Crippen molar-refractivity contribution in [3.8, 4) is 0 Å². The summed E-state index contributed by atoms with van der Waals surface area (Å²) in [5.41, 5.74) is 2.25. The molecule has 0 aliphatic carbocycles. The summed E-state index contributed by atoms with van der Waals surface area (Å²) in [5, 5.41) is 17.3. The van der Waals surface area contributed by atoms with Crippen molar-refractivity contribution >= 4 is 17.3 Å². The molecule has 6 heteroatoms. The summed E-state index contributed by atoms with van der Waals surface area (Å²) in [4.78, 5) is 23.9. The molecular weight excluding hydrogens is 366 g/mol. The standard InChI is InChI=1S/C23H21N3O3/c1-2-15-24-20-14-13-19(16-21(20)26(28)29)23(27)25-22(17-9-5-3-6-10-17)18-11-7-4-8-12-18/h2-14,16,22,24H,1,15H2,(H,25,27). The first kappa shape index (κ1) is 19.8. The maximum absolute atomic E-state index is 12.9. The molecule has 3 aromatic rings. The van der Waals surface area contributed by atoms with Gasteiger partial charge in [0.05, 0.1) is 11.0 Å². The summed E-state index contributed by atoms with van der Waals surface area (Å²) >= 11 is 0. The van der Waals surface area contributed by atoms with E-state index in [0.29, 0.717) is 12.2 Å². The molecule has 0 saturated carbocycles. The highest BCUT2D eigenvalue weighted by atomic mass is 16.6. The van der Waals surface area contributed by atoms with Crippen molar-refractivity contribution in [1.29, 1.82) is 0 Å². The van der Waals surface area contributed by atoms with Crippen molar-refractivity contribution in [2.75, 3.05) is 11.9 Å². The van der Waals surface area contributed by atoms with E-state index in [0.717, 1.165) is 11.1 Å². The Labute approximate surface area is 169 Å². The molecule has 0 bridgehead atoms. The minimum absolute atomic E-state index is 0.157. The van der Waals surface area contributed by atoms with Crippen LogP contribution in [0.2, 0.25) is 0 Å². The van der Waals surface area contributed by atoms with Crippen LogP contribution in [0.25, 0.3) is 0 Å². The van der Waals surface area contributed by atoms with Gasteiger partial charge >= 0.3 is 0 Å². The number of rotatable bonds is 8. The smallest absolute Gasteiger partial charge is 0.293 e. The fourth-order valence-electron chi connectivity index (χ4n) is 3.02. The van der Waals surface area contributed by atoms with Crippen LogP contribution in [-0.2, 0) is 0 Å². The fraction of sp³-hybridized carbons (Fsp3) is 0.0870. The van der Waals surface area contributed by atoms with Crippen LogP contribution in [0, 0.1) is 10.1 Å². The number of nitrogens with one attached hydrogen (secondary N) is 2. The molecule has 6 nitrogen and oxygen atoms in total. The van der Waals surface area contributed by atoms with Crippen LogP contribution < -0.4 is 10.6 Å². The molecule has 0 aliphatic rings. The summed E-state index contributed by atoms with van der Waals surface area (Å²) in [7, 11) is 0. The molecule has 3 aromatic carbocycles. The summed E-state index contributed by atoms with van der Waals surface area (Å²) in [6.07, 6.45) is 1.61. The second kappa shape index (κ2) is 9.32. The van der Waals surface area contributed by atoms with Crippen LogP contribution in [0.3, 0.4) is 0 Å². The molecule has 146 valence electrons. The van der Waals surface area contributed by atoms with Gasteiger partial charge in [0.25, 0.3) is 11.6 Å². The lowest BCUT2D eigenvalue weighted by atomic mass is 9.98. The van der Waals surface area contributed by atoms with E-state index < -0.39 is 4.92 Å². The van der Waals surface area contributed by atoms with Crippen molar-refractivity contribution in [2.24, 2.45) is 0 Å². The van der Waals surface area contributed by atoms with E-state index >= 15 is 0 Å². The first-order chi connectivity index (χ1) is 14.1. The number of amides is 1. The van der Waals surface area contributed by atoms with Crippen molar-refractivity contribution in [3.63, 3.8) is 0 Å². The molecule has 0 saturated heterocycles. The lowest BCUT2D eigenvalue weighted by Crippen LogP contribution is -2.29. The van der Waals surface area contributed by atoms with Gasteiger partial charge < -0.3 is 10.6 Å². The van der Waals surface area contributed by atoms with Gasteiger partial charge in [0.15, 0.2) is 0 Å². The molecule has 0 fully saturated rings. The predicted octanol–water partition coefficient (Wildman–Crippen LogP) is 4.71. The topological polar surface area (TPSA) is 84.3 Å². The van der Waals surface area contributed by atoms with Crippen molar-refractivity contribution < 1.29 is 9.72 Å². The van der Waals surface area contributed by atoms with Gasteiger partial charge in [0.1, 0.15) is 5.69 Å². The number of nitro groups is 1. The van der Waals surface area contributed by atoms with Crippen LogP contribution in [0.5, 0.6) is 0 Å². The van der Waals surface area contributed by atoms with Crippen molar-refractivity contribution in [1.82, 2.24) is 5.32 Å². The lowest BCUT2D eigenvalue weighted by molar-refractivity contribution is -0.384. The maximum atomic E-state index is 12.9. The average Bonchev–Trinajstić information content (AvgIpc) is 2.76. The molecular formula is C23H21N3O3. The number of hydrogen-bond acceptors (Lipinski definition) is 4. The first-order valence-electron chi connectivity index (χ1n) is 9.14. The van der Waals surface area contributed by atoms with Crippen molar-refractivity contribution in [3.05, 3.63) is 118 Å². The Bertz CT molecular complexity index is 965. The van der Waals surface area contributed by atoms with Crippen LogP contribution in [0.15, 0.2) is 91.5 Å². The van der Waals surface area contributed by atoms with Gasteiger partial charge in [-0.05, 0) is 23.3 Å². The maximum Gasteiger partial charge on any atom is 0.293 e. The van der Waals surface area contributed by atoms with Crippen LogP contribution in [0.4, 0.5) is 11.4 Å². The Kier molecular flexibility index (Phi) is 6.37. The Morgan fingerprint density at radius 1 is 1.00 bits per heavy atom. The molecule has 0 heterocycles. The third kappa shape index (κ3) is 4.87. The first-order valence-corrected chi connectivity index (χ1v) is 9.14. The zero-order chi connectivity index (χ0) is 20.6. The normalized spacial score (nSPS) is 10.4. The minimum Gasteiger partial charge on any atom is -0.376 e. The molecule has 2 N–H and O–H groups in total. The fourth-order valence-corrected chi connectivity index (χ4v) is 3.02. The van der Waals surface area contributed by atoms with Gasteiger partial charge in [-0.15, -0.1) is 6.58 Å². The number of carbonyl (C=O) groups is 1. The Morgan fingerprint density at radius 3 is 2.10 bits per heavy atom. The number of benzene rings is 3. The molecule has 0 unspecified atom stereocenters. The van der Waals surface area contributed by atoms with E-state index in [1.807, 2.05) is 60.7 Å². The molecule has 1 amide bonds. The van der Waals surface area contributed by atoms with E-state index in [-0.39, 0.29) is 23.2 Å². The number of carbonyl (C=O) groups excluding carboxylic acids is 1. The Morgan fingerprint density at radius 2 is 1.59 bits per heavy atom. The Balaban J connectivity index is 1.91. The summed E-state index contributed by atoms with van der Waals surface area (Å²) in [5.74, 6) is -0.388. The highest BCUT2D eigenvalue weighted by molar-refractivity contribution is 5.96. The van der Waals surface area contributed by atoms with Gasteiger partial charge in [-0.2, -0.15) is 0 Å². The third-order valence-corrected chi connectivity index (χ3v) is 4.43. The second-order valence-electron chi connectivity index (χ2n) is 6.39. The third-order valence-electron chi connectivity index (χ3n) is 4.43. The van der Waals surface area contributed by atoms with E-state index in [9.17, 15) is 14.9 Å². The number of nitro benzene ring substituents is 1. The summed E-state index contributed by atoms with van der Waals surface area (Å²) in [6, 6.07) is 23.2. The molecule has 0 spiro atoms. The number of anilines is 1. The van der Waals surface area contributed by atoms with Gasteiger partial charge in [-0.25, -0.2) is 0 Å². The lowest BCUT2D eigenvalue weighted by Gasteiger charge is -2.20. The van der Waals surface area contributed by atoms with Crippen LogP contribution >= 0.6 is 0 Å². The minimum atomic E-state index is -0.506. The zero-order valence-corrected chi connectivity index (χ0v) is 15.7. The molecule has 0 aromatic heterocycles. The van der Waals surface area contributed by atoms with Crippen LogP contribution in [0.1, 0.15) is 27.5 Å². The number of hydrogen-bond donors (Lipinski definition) is 2. The highest BCUT2D eigenvalue weighted by Crippen LogP contribution is 2.27. The van der Waals surface area contributed by atoms with E-state index in [1.54, 1.807) is 12.1 Å². The SMILES string of the molecule is C=CCNc1ccc(C(=O)NC(c2ccccc2)c2ccccc2)cc1[N+](=O)[O-]. The molecule has 3 rings (SSSR count). The quantitative estimate of drug-likeness (QED) is 0.333. The summed E-state index contributed by atoms with van der Waals surface area (Å²) < 4.78 is 0. The van der Waals surface area contributed by atoms with Gasteiger partial charge in [0.2, 0.25) is 0 Å². The van der Waals surface area contributed by atoms with Crippen molar-refractivity contribution in [2.45, 2.75) is 6.04 Å². The number of nitrogens with zero attached hydrogens (tertiary/aromatic N) is 1. The van der Waals surface area contributed by atoms with E-state index in [2.05, 4.69) is 17.2 Å². The molecule has 29 heavy (non-hydrogen) atoms. The van der Waals surface area contributed by atoms with E-state index in [4.69, 9.17) is 0 Å².